The summed E-state index contributed by atoms with van der Waals surface area (Å²) in [6.07, 6.45) is -0.225. The predicted octanol–water partition coefficient (Wildman–Crippen LogP) is 2.33. The lowest BCUT2D eigenvalue weighted by Gasteiger charge is -2.29. The van der Waals surface area contributed by atoms with Crippen molar-refractivity contribution in [1.82, 2.24) is 10.6 Å². The fourth-order valence-electron chi connectivity index (χ4n) is 2.46. The van der Waals surface area contributed by atoms with Gasteiger partial charge < -0.3 is 20.3 Å². The van der Waals surface area contributed by atoms with Crippen molar-refractivity contribution in [3.8, 4) is 0 Å². The third-order valence-corrected chi connectivity index (χ3v) is 3.57. The number of hydrogen-bond acceptors (Lipinski definition) is 4. The second-order valence-electron chi connectivity index (χ2n) is 6.01. The molecule has 0 fully saturated rings. The zero-order valence-electron chi connectivity index (χ0n) is 14.1. The number of amides is 2. The van der Waals surface area contributed by atoms with Gasteiger partial charge in [-0.3, -0.25) is 0 Å². The molecule has 0 radical (unpaired) electrons. The Kier molecular flexibility index (Phi) is 4.93. The molecule has 1 aromatic carbocycles. The zero-order chi connectivity index (χ0) is 17.1. The number of carbonyl (C=O) groups is 2. The Balaban J connectivity index is 2.38. The van der Waals surface area contributed by atoms with Crippen molar-refractivity contribution in [3.05, 3.63) is 41.1 Å². The van der Waals surface area contributed by atoms with Crippen LogP contribution in [0.1, 0.15) is 32.4 Å². The summed E-state index contributed by atoms with van der Waals surface area (Å²) in [5.41, 5.74) is 2.82. The van der Waals surface area contributed by atoms with Crippen LogP contribution in [0.15, 0.2) is 35.5 Å². The van der Waals surface area contributed by atoms with Crippen LogP contribution in [0, 0.1) is 0 Å². The Bertz CT molecular complexity index is 633. The third kappa shape index (κ3) is 3.83. The molecule has 0 saturated carbocycles. The van der Waals surface area contributed by atoms with Gasteiger partial charge in [0.1, 0.15) is 0 Å². The number of nitrogens with one attached hydrogen (secondary N) is 2. The molecule has 1 aliphatic heterocycles. The summed E-state index contributed by atoms with van der Waals surface area (Å²) in [6, 6.07) is 6.86. The number of anilines is 1. The molecule has 6 nitrogen and oxygen atoms in total. The number of rotatable bonds is 4. The molecule has 0 saturated heterocycles. The number of urea groups is 1. The van der Waals surface area contributed by atoms with Crippen LogP contribution in [0.3, 0.4) is 0 Å². The van der Waals surface area contributed by atoms with E-state index in [0.29, 0.717) is 11.3 Å². The van der Waals surface area contributed by atoms with Crippen molar-refractivity contribution in [2.24, 2.45) is 0 Å². The summed E-state index contributed by atoms with van der Waals surface area (Å²) in [7, 11) is 3.91. The zero-order valence-corrected chi connectivity index (χ0v) is 14.1. The number of carbonyl (C=O) groups excluding carboxylic acids is 2. The van der Waals surface area contributed by atoms with Gasteiger partial charge in [-0.25, -0.2) is 9.59 Å². The van der Waals surface area contributed by atoms with E-state index in [1.807, 2.05) is 43.3 Å². The molecule has 0 spiro atoms. The van der Waals surface area contributed by atoms with E-state index in [-0.39, 0.29) is 12.1 Å². The number of esters is 1. The van der Waals surface area contributed by atoms with Crippen LogP contribution in [0.2, 0.25) is 0 Å². The van der Waals surface area contributed by atoms with Gasteiger partial charge in [0.05, 0.1) is 17.7 Å². The van der Waals surface area contributed by atoms with Gasteiger partial charge >= 0.3 is 12.0 Å². The van der Waals surface area contributed by atoms with Crippen LogP contribution < -0.4 is 15.5 Å². The van der Waals surface area contributed by atoms with Crippen molar-refractivity contribution in [1.29, 1.82) is 0 Å². The molecular formula is C17H23N3O3. The monoisotopic (exact) mass is 317 g/mol. The highest BCUT2D eigenvalue weighted by molar-refractivity contribution is 5.95. The average Bonchev–Trinajstić information content (AvgIpc) is 2.45. The first-order valence-corrected chi connectivity index (χ1v) is 7.56. The SMILES string of the molecule is CC1=C(C(=O)OC(C)C)[C@@H](c2ccc(N(C)C)cc2)NC(=O)N1. The number of hydrogen-bond donors (Lipinski definition) is 2. The fraction of sp³-hybridized carbons (Fsp3) is 0.412. The largest absolute Gasteiger partial charge is 0.459 e. The topological polar surface area (TPSA) is 70.7 Å². The standard InChI is InChI=1S/C17H23N3O3/c1-10(2)23-16(21)14-11(3)18-17(22)19-15(14)12-6-8-13(9-7-12)20(4)5/h6-10,15H,1-5H3,(H2,18,19,22)/t15-/m1/s1. The first-order chi connectivity index (χ1) is 10.8. The molecule has 0 aliphatic carbocycles. The van der Waals surface area contributed by atoms with Gasteiger partial charge in [-0.05, 0) is 38.5 Å². The Labute approximate surface area is 136 Å². The maximum absolute atomic E-state index is 12.4. The van der Waals surface area contributed by atoms with E-state index in [1.165, 1.54) is 0 Å². The minimum atomic E-state index is -0.522. The van der Waals surface area contributed by atoms with E-state index in [4.69, 9.17) is 4.74 Å². The van der Waals surface area contributed by atoms with Crippen LogP contribution in [0.4, 0.5) is 10.5 Å². The molecule has 0 bridgehead atoms. The average molecular weight is 317 g/mol. The molecule has 6 heteroatoms. The highest BCUT2D eigenvalue weighted by Gasteiger charge is 2.32. The lowest BCUT2D eigenvalue weighted by Crippen LogP contribution is -2.45. The van der Waals surface area contributed by atoms with E-state index in [2.05, 4.69) is 10.6 Å². The van der Waals surface area contributed by atoms with Gasteiger partial charge in [-0.1, -0.05) is 12.1 Å². The van der Waals surface area contributed by atoms with Crippen molar-refractivity contribution in [3.63, 3.8) is 0 Å². The van der Waals surface area contributed by atoms with Gasteiger partial charge in [0.2, 0.25) is 0 Å². The van der Waals surface area contributed by atoms with Gasteiger partial charge in [0, 0.05) is 25.5 Å². The summed E-state index contributed by atoms with van der Waals surface area (Å²) in [5, 5.41) is 5.43. The molecule has 1 aromatic rings. The molecule has 1 aliphatic rings. The lowest BCUT2D eigenvalue weighted by molar-refractivity contribution is -0.143. The van der Waals surface area contributed by atoms with Gasteiger partial charge in [-0.15, -0.1) is 0 Å². The summed E-state index contributed by atoms with van der Waals surface area (Å²) in [4.78, 5) is 26.2. The van der Waals surface area contributed by atoms with Crippen LogP contribution in [-0.2, 0) is 9.53 Å². The molecule has 23 heavy (non-hydrogen) atoms. The predicted molar refractivity (Wildman–Crippen MR) is 89.1 cm³/mol. The van der Waals surface area contributed by atoms with Gasteiger partial charge in [0.25, 0.3) is 0 Å². The fourth-order valence-corrected chi connectivity index (χ4v) is 2.46. The summed E-state index contributed by atoms with van der Waals surface area (Å²) < 4.78 is 5.31. The number of nitrogens with zero attached hydrogens (tertiary/aromatic N) is 1. The number of ether oxygens (including phenoxy) is 1. The lowest BCUT2D eigenvalue weighted by atomic mass is 9.95. The number of allylic oxidation sites excluding steroid dienone is 1. The Morgan fingerprint density at radius 1 is 1.22 bits per heavy atom. The number of benzene rings is 1. The van der Waals surface area contributed by atoms with Crippen LogP contribution in [0.25, 0.3) is 0 Å². The highest BCUT2D eigenvalue weighted by Crippen LogP contribution is 2.29. The van der Waals surface area contributed by atoms with Gasteiger partial charge in [-0.2, -0.15) is 0 Å². The molecule has 0 aromatic heterocycles. The first kappa shape index (κ1) is 16.9. The van der Waals surface area contributed by atoms with E-state index < -0.39 is 12.0 Å². The molecule has 2 amide bonds. The van der Waals surface area contributed by atoms with E-state index in [9.17, 15) is 9.59 Å². The Morgan fingerprint density at radius 3 is 2.35 bits per heavy atom. The van der Waals surface area contributed by atoms with Crippen LogP contribution in [0.5, 0.6) is 0 Å². The quantitative estimate of drug-likeness (QED) is 0.836. The molecule has 124 valence electrons. The smallest absolute Gasteiger partial charge is 0.338 e. The van der Waals surface area contributed by atoms with Crippen LogP contribution in [-0.4, -0.2) is 32.2 Å². The molecule has 0 unspecified atom stereocenters. The maximum Gasteiger partial charge on any atom is 0.338 e. The van der Waals surface area contributed by atoms with Crippen LogP contribution >= 0.6 is 0 Å². The molecule has 1 atom stereocenters. The maximum atomic E-state index is 12.4. The second kappa shape index (κ2) is 6.73. The second-order valence-corrected chi connectivity index (χ2v) is 6.01. The van der Waals surface area contributed by atoms with Crippen molar-refractivity contribution < 1.29 is 14.3 Å². The van der Waals surface area contributed by atoms with E-state index >= 15 is 0 Å². The van der Waals surface area contributed by atoms with Crippen molar-refractivity contribution >= 4 is 17.7 Å². The van der Waals surface area contributed by atoms with Gasteiger partial charge in [0.15, 0.2) is 0 Å². The highest BCUT2D eigenvalue weighted by atomic mass is 16.5. The molecule has 2 rings (SSSR count). The van der Waals surface area contributed by atoms with E-state index in [0.717, 1.165) is 11.3 Å². The Hall–Kier alpha value is -2.50. The summed E-state index contributed by atoms with van der Waals surface area (Å²) in [6.45, 7) is 5.30. The first-order valence-electron chi connectivity index (χ1n) is 7.56. The Morgan fingerprint density at radius 2 is 1.83 bits per heavy atom. The normalized spacial score (nSPS) is 17.7. The molecule has 1 heterocycles. The molecule has 2 N–H and O–H groups in total. The van der Waals surface area contributed by atoms with Crippen molar-refractivity contribution in [2.45, 2.75) is 32.9 Å². The summed E-state index contributed by atoms with van der Waals surface area (Å²) in [5.74, 6) is -0.424. The van der Waals surface area contributed by atoms with E-state index in [1.54, 1.807) is 20.8 Å². The minimum Gasteiger partial charge on any atom is -0.459 e. The summed E-state index contributed by atoms with van der Waals surface area (Å²) >= 11 is 0. The third-order valence-electron chi connectivity index (χ3n) is 3.57. The molecular weight excluding hydrogens is 294 g/mol. The van der Waals surface area contributed by atoms with Crippen molar-refractivity contribution in [2.75, 3.05) is 19.0 Å². The minimum absolute atomic E-state index is 0.225.